The Bertz CT molecular complexity index is 886. The van der Waals surface area contributed by atoms with Gasteiger partial charge in [-0.15, -0.1) is 11.1 Å². The molecule has 0 saturated heterocycles. The molecule has 0 aliphatic carbocycles. The first-order valence-corrected chi connectivity index (χ1v) is 12.4. The van der Waals surface area contributed by atoms with Gasteiger partial charge in [0.15, 0.2) is 0 Å². The van der Waals surface area contributed by atoms with E-state index in [1.165, 1.54) is 43.5 Å². The molecular formula is C24H28ClNSi. The topological polar surface area (TPSA) is 3.24 Å². The second-order valence-electron chi connectivity index (χ2n) is 7.86. The van der Waals surface area contributed by atoms with Gasteiger partial charge in [0.2, 0.25) is 7.38 Å². The molecule has 3 aromatic carbocycles. The highest BCUT2D eigenvalue weighted by Gasteiger charge is 2.38. The fraction of sp³-hybridized carbons (Fsp3) is 0.250. The van der Waals surface area contributed by atoms with Gasteiger partial charge >= 0.3 is 0 Å². The molecule has 0 amide bonds. The van der Waals surface area contributed by atoms with Crippen LogP contribution in [0.5, 0.6) is 0 Å². The first kappa shape index (κ1) is 19.7. The van der Waals surface area contributed by atoms with Crippen molar-refractivity contribution in [3.8, 4) is 0 Å². The molecule has 0 saturated carbocycles. The Kier molecular flexibility index (Phi) is 5.50. The third-order valence-electron chi connectivity index (χ3n) is 5.00. The first-order valence-electron chi connectivity index (χ1n) is 9.34. The lowest BCUT2D eigenvalue weighted by molar-refractivity contribution is 1.13. The minimum Gasteiger partial charge on any atom is -0.378 e. The standard InChI is InChI=1S/C24H28ClNSi/c1-17-10-18(2)13-23(12-17)27(25,24-14-19(3)11-20(4)15-24)22-9-7-8-21(16-22)26(5)6/h7-16H,1-6H3. The molecule has 0 N–H and O–H groups in total. The first-order chi connectivity index (χ1) is 12.7. The van der Waals surface area contributed by atoms with Crippen LogP contribution in [0.1, 0.15) is 22.3 Å². The molecule has 0 aliphatic rings. The molecule has 3 aromatic rings. The Labute approximate surface area is 169 Å². The lowest BCUT2D eigenvalue weighted by Gasteiger charge is -2.29. The molecule has 0 aliphatic heterocycles. The van der Waals surface area contributed by atoms with Crippen LogP contribution in [0.25, 0.3) is 0 Å². The van der Waals surface area contributed by atoms with Gasteiger partial charge in [0.05, 0.1) is 0 Å². The number of hydrogen-bond acceptors (Lipinski definition) is 1. The van der Waals surface area contributed by atoms with Crippen molar-refractivity contribution in [1.29, 1.82) is 0 Å². The fourth-order valence-corrected chi connectivity index (χ4v) is 8.23. The molecule has 140 valence electrons. The van der Waals surface area contributed by atoms with Crippen molar-refractivity contribution in [2.45, 2.75) is 27.7 Å². The third kappa shape index (κ3) is 3.97. The largest absolute Gasteiger partial charge is 0.378 e. The van der Waals surface area contributed by atoms with E-state index in [1.807, 2.05) is 0 Å². The van der Waals surface area contributed by atoms with Crippen LogP contribution in [0.4, 0.5) is 5.69 Å². The van der Waals surface area contributed by atoms with Gasteiger partial charge in [0, 0.05) is 19.8 Å². The van der Waals surface area contributed by atoms with Gasteiger partial charge in [-0.3, -0.25) is 0 Å². The van der Waals surface area contributed by atoms with E-state index in [-0.39, 0.29) is 0 Å². The van der Waals surface area contributed by atoms with Crippen molar-refractivity contribution in [2.24, 2.45) is 0 Å². The minimum atomic E-state index is -2.63. The Hall–Kier alpha value is -2.03. The van der Waals surface area contributed by atoms with Crippen LogP contribution < -0.4 is 20.5 Å². The maximum atomic E-state index is 7.70. The van der Waals surface area contributed by atoms with E-state index in [0.29, 0.717) is 0 Å². The molecule has 27 heavy (non-hydrogen) atoms. The van der Waals surface area contributed by atoms with E-state index >= 15 is 0 Å². The highest BCUT2D eigenvalue weighted by molar-refractivity contribution is 7.40. The number of aryl methyl sites for hydroxylation is 4. The second-order valence-corrected chi connectivity index (χ2v) is 12.6. The summed E-state index contributed by atoms with van der Waals surface area (Å²) in [4.78, 5) is 2.14. The van der Waals surface area contributed by atoms with Crippen molar-refractivity contribution in [3.05, 3.63) is 82.9 Å². The molecule has 0 fully saturated rings. The quantitative estimate of drug-likeness (QED) is 0.365. The molecule has 0 heterocycles. The molecule has 0 unspecified atom stereocenters. The zero-order valence-corrected chi connectivity index (χ0v) is 18.9. The summed E-state index contributed by atoms with van der Waals surface area (Å²) in [5.74, 6) is 0. The Morgan fingerprint density at radius 3 is 1.48 bits per heavy atom. The zero-order chi connectivity index (χ0) is 19.8. The summed E-state index contributed by atoms with van der Waals surface area (Å²) in [5.41, 5.74) is 6.22. The predicted octanol–water partition coefficient (Wildman–Crippen LogP) is 4.19. The van der Waals surface area contributed by atoms with Crippen LogP contribution in [0, 0.1) is 27.7 Å². The van der Waals surface area contributed by atoms with Gasteiger partial charge in [-0.25, -0.2) is 0 Å². The maximum absolute atomic E-state index is 7.70. The monoisotopic (exact) mass is 393 g/mol. The number of halogens is 1. The molecule has 0 bridgehead atoms. The highest BCUT2D eigenvalue weighted by Crippen LogP contribution is 2.18. The Morgan fingerprint density at radius 2 is 1.07 bits per heavy atom. The molecule has 3 rings (SSSR count). The van der Waals surface area contributed by atoms with Gasteiger partial charge in [0.25, 0.3) is 0 Å². The lowest BCUT2D eigenvalue weighted by atomic mass is 10.2. The number of anilines is 1. The SMILES string of the molecule is Cc1cc(C)cc([Si](Cl)(c2cc(C)cc(C)c2)c2cccc(N(C)C)c2)c1. The van der Waals surface area contributed by atoms with E-state index in [4.69, 9.17) is 11.1 Å². The molecule has 0 aromatic heterocycles. The molecule has 3 heteroatoms. The van der Waals surface area contributed by atoms with E-state index in [9.17, 15) is 0 Å². The smallest absolute Gasteiger partial charge is 0.248 e. The molecular weight excluding hydrogens is 366 g/mol. The molecule has 0 radical (unpaired) electrons. The van der Waals surface area contributed by atoms with Crippen molar-refractivity contribution in [2.75, 3.05) is 19.0 Å². The summed E-state index contributed by atoms with van der Waals surface area (Å²) >= 11 is 7.70. The van der Waals surface area contributed by atoms with Crippen LogP contribution in [0.2, 0.25) is 0 Å². The van der Waals surface area contributed by atoms with Crippen LogP contribution >= 0.6 is 11.1 Å². The third-order valence-corrected chi connectivity index (χ3v) is 10.2. The molecule has 1 nitrogen and oxygen atoms in total. The van der Waals surface area contributed by atoms with Gasteiger partial charge in [0.1, 0.15) is 0 Å². The average molecular weight is 394 g/mol. The zero-order valence-electron chi connectivity index (χ0n) is 17.1. The Balaban J connectivity index is 2.34. The van der Waals surface area contributed by atoms with Crippen molar-refractivity contribution >= 4 is 39.7 Å². The van der Waals surface area contributed by atoms with E-state index in [1.54, 1.807) is 0 Å². The van der Waals surface area contributed by atoms with E-state index in [2.05, 4.69) is 107 Å². The van der Waals surface area contributed by atoms with Crippen LogP contribution in [-0.4, -0.2) is 21.5 Å². The van der Waals surface area contributed by atoms with E-state index < -0.39 is 7.38 Å². The van der Waals surface area contributed by atoms with Crippen LogP contribution in [0.3, 0.4) is 0 Å². The Morgan fingerprint density at radius 1 is 0.630 bits per heavy atom. The predicted molar refractivity (Wildman–Crippen MR) is 123 cm³/mol. The summed E-state index contributed by atoms with van der Waals surface area (Å²) in [6.07, 6.45) is 0. The van der Waals surface area contributed by atoms with Gasteiger partial charge in [-0.2, -0.15) is 0 Å². The minimum absolute atomic E-state index is 1.18. The summed E-state index contributed by atoms with van der Waals surface area (Å²) in [6, 6.07) is 22.2. The van der Waals surface area contributed by atoms with Gasteiger partial charge in [-0.05, 0) is 55.4 Å². The normalized spacial score (nSPS) is 11.5. The highest BCUT2D eigenvalue weighted by atomic mass is 35.6. The molecule has 0 spiro atoms. The average Bonchev–Trinajstić information content (AvgIpc) is 2.59. The number of rotatable bonds is 4. The van der Waals surface area contributed by atoms with Gasteiger partial charge in [-0.1, -0.05) is 70.8 Å². The lowest BCUT2D eigenvalue weighted by Crippen LogP contribution is -2.63. The van der Waals surface area contributed by atoms with Crippen molar-refractivity contribution < 1.29 is 0 Å². The number of hydrogen-bond donors (Lipinski definition) is 0. The summed E-state index contributed by atoms with van der Waals surface area (Å²) in [6.45, 7) is 8.61. The van der Waals surface area contributed by atoms with Gasteiger partial charge < -0.3 is 4.90 Å². The van der Waals surface area contributed by atoms with Crippen LogP contribution in [0.15, 0.2) is 60.7 Å². The maximum Gasteiger partial charge on any atom is 0.248 e. The molecule has 0 atom stereocenters. The van der Waals surface area contributed by atoms with Crippen molar-refractivity contribution in [1.82, 2.24) is 0 Å². The summed E-state index contributed by atoms with van der Waals surface area (Å²) < 4.78 is 0. The fourth-order valence-electron chi connectivity index (χ4n) is 3.85. The second kappa shape index (κ2) is 7.53. The number of nitrogens with zero attached hydrogens (tertiary/aromatic N) is 1. The van der Waals surface area contributed by atoms with Crippen molar-refractivity contribution in [3.63, 3.8) is 0 Å². The summed E-state index contributed by atoms with van der Waals surface area (Å²) in [7, 11) is 1.51. The van der Waals surface area contributed by atoms with Crippen LogP contribution in [-0.2, 0) is 0 Å². The number of benzene rings is 3. The summed E-state index contributed by atoms with van der Waals surface area (Å²) in [5, 5.41) is 3.73. The van der Waals surface area contributed by atoms with E-state index in [0.717, 1.165) is 0 Å².